The number of phenolic OH excluding ortho intramolecular Hbond substituents is 2. The number of aliphatic hydroxyl groups excluding tert-OH is 1. The number of phenols is 2. The maximum atomic E-state index is 11.2. The highest BCUT2D eigenvalue weighted by molar-refractivity contribution is 5.91. The minimum atomic E-state index is -1.14. The first kappa shape index (κ1) is 20.2. The number of ether oxygens (including phenoxy) is 1. The Morgan fingerprint density at radius 3 is 2.40 bits per heavy atom. The van der Waals surface area contributed by atoms with Crippen LogP contribution in [0.25, 0.3) is 0 Å². The minimum absolute atomic E-state index is 0.0139. The van der Waals surface area contributed by atoms with Crippen LogP contribution in [0.2, 0.25) is 0 Å². The van der Waals surface area contributed by atoms with Crippen molar-refractivity contribution in [2.24, 2.45) is 5.92 Å². The van der Waals surface area contributed by atoms with Crippen molar-refractivity contribution in [1.29, 1.82) is 0 Å². The van der Waals surface area contributed by atoms with Gasteiger partial charge in [-0.05, 0) is 13.0 Å². The molecule has 136 valence electrons. The summed E-state index contributed by atoms with van der Waals surface area (Å²) in [5.41, 5.74) is 0.802. The zero-order valence-corrected chi connectivity index (χ0v) is 14.6. The van der Waals surface area contributed by atoms with E-state index >= 15 is 0 Å². The highest BCUT2D eigenvalue weighted by Gasteiger charge is 2.21. The highest BCUT2D eigenvalue weighted by atomic mass is 16.5. The molecule has 25 heavy (non-hydrogen) atoms. The van der Waals surface area contributed by atoms with Gasteiger partial charge in [0.1, 0.15) is 11.5 Å². The van der Waals surface area contributed by atoms with Crippen molar-refractivity contribution >= 4 is 17.6 Å². The summed E-state index contributed by atoms with van der Waals surface area (Å²) in [6.07, 6.45) is 3.36. The van der Waals surface area contributed by atoms with Crippen LogP contribution in [0.3, 0.4) is 0 Å². The lowest BCUT2D eigenvalue weighted by Gasteiger charge is -2.20. The Morgan fingerprint density at radius 1 is 1.20 bits per heavy atom. The Hall–Kier alpha value is -2.80. The molecule has 0 aromatic heterocycles. The number of esters is 1. The summed E-state index contributed by atoms with van der Waals surface area (Å²) < 4.78 is 4.50. The summed E-state index contributed by atoms with van der Waals surface area (Å²) in [5.74, 6) is -1.87. The molecule has 2 atom stereocenters. The van der Waals surface area contributed by atoms with Gasteiger partial charge < -0.3 is 25.4 Å². The van der Waals surface area contributed by atoms with Crippen LogP contribution in [0.1, 0.15) is 32.4 Å². The summed E-state index contributed by atoms with van der Waals surface area (Å²) in [5, 5.41) is 32.9. The van der Waals surface area contributed by atoms with E-state index in [1.807, 2.05) is 0 Å². The van der Waals surface area contributed by atoms with Gasteiger partial charge in [0.15, 0.2) is 0 Å². The zero-order chi connectivity index (χ0) is 19.1. The molecular weight excluding hydrogens is 326 g/mol. The number of hydrogen-bond donors (Lipinski definition) is 4. The largest absolute Gasteiger partial charge is 0.508 e. The number of hydrogen-bond acceptors (Lipinski definition) is 6. The molecule has 7 heteroatoms. The summed E-state index contributed by atoms with van der Waals surface area (Å²) in [4.78, 5) is 22.3. The van der Waals surface area contributed by atoms with Crippen LogP contribution in [-0.4, -0.2) is 34.3 Å². The number of anilines is 1. The zero-order valence-electron chi connectivity index (χ0n) is 14.6. The third-order valence-corrected chi connectivity index (χ3v) is 3.46. The number of allylic oxidation sites excluding steroid dienone is 2. The number of carbonyl (C=O) groups excluding carboxylic acids is 2. The van der Waals surface area contributed by atoms with Crippen LogP contribution >= 0.6 is 0 Å². The van der Waals surface area contributed by atoms with Crippen LogP contribution < -0.4 is 5.32 Å². The Labute approximate surface area is 146 Å². The third kappa shape index (κ3) is 5.96. The number of aliphatic hydroxyl groups is 1. The predicted octanol–water partition coefficient (Wildman–Crippen LogP) is 2.40. The van der Waals surface area contributed by atoms with Crippen LogP contribution in [0.4, 0.5) is 5.69 Å². The summed E-state index contributed by atoms with van der Waals surface area (Å²) >= 11 is 0. The Bertz CT molecular complexity index is 708. The van der Waals surface area contributed by atoms with Gasteiger partial charge in [0.05, 0.1) is 18.9 Å². The van der Waals surface area contributed by atoms with Gasteiger partial charge in [-0.3, -0.25) is 4.79 Å². The quantitative estimate of drug-likeness (QED) is 0.206. The van der Waals surface area contributed by atoms with E-state index in [9.17, 15) is 24.9 Å². The SMILES string of the molecule is COC(=O)C=CC(C)=C[C@H](C)[C@H](O)c1cc(O)cc(NC(C)=O)c1O. The van der Waals surface area contributed by atoms with Crippen molar-refractivity contribution in [3.05, 3.63) is 41.5 Å². The fraction of sp³-hybridized carbons (Fsp3) is 0.333. The van der Waals surface area contributed by atoms with Gasteiger partial charge in [-0.15, -0.1) is 0 Å². The fourth-order valence-electron chi connectivity index (χ4n) is 2.26. The molecule has 1 rings (SSSR count). The molecule has 1 amide bonds. The Morgan fingerprint density at radius 2 is 1.84 bits per heavy atom. The first-order chi connectivity index (χ1) is 11.6. The minimum Gasteiger partial charge on any atom is -0.508 e. The molecule has 0 fully saturated rings. The van der Waals surface area contributed by atoms with Crippen molar-refractivity contribution in [2.45, 2.75) is 26.9 Å². The van der Waals surface area contributed by atoms with E-state index in [2.05, 4.69) is 10.1 Å². The molecule has 4 N–H and O–H groups in total. The maximum Gasteiger partial charge on any atom is 0.330 e. The van der Waals surface area contributed by atoms with Crippen LogP contribution in [0.15, 0.2) is 35.9 Å². The van der Waals surface area contributed by atoms with Crippen LogP contribution in [0, 0.1) is 5.92 Å². The van der Waals surface area contributed by atoms with E-state index in [-0.39, 0.29) is 22.7 Å². The second kappa shape index (κ2) is 8.89. The predicted molar refractivity (Wildman–Crippen MR) is 93.1 cm³/mol. The Kier molecular flexibility index (Phi) is 7.20. The summed E-state index contributed by atoms with van der Waals surface area (Å²) in [6, 6.07) is 2.42. The number of rotatable bonds is 6. The van der Waals surface area contributed by atoms with Gasteiger partial charge in [-0.1, -0.05) is 24.6 Å². The number of nitrogens with one attached hydrogen (secondary N) is 1. The van der Waals surface area contributed by atoms with Gasteiger partial charge >= 0.3 is 5.97 Å². The van der Waals surface area contributed by atoms with E-state index < -0.39 is 23.9 Å². The highest BCUT2D eigenvalue weighted by Crippen LogP contribution is 2.38. The molecule has 0 aliphatic carbocycles. The van der Waals surface area contributed by atoms with Crippen molar-refractivity contribution in [3.63, 3.8) is 0 Å². The van der Waals surface area contributed by atoms with E-state index in [1.165, 1.54) is 32.2 Å². The first-order valence-electron chi connectivity index (χ1n) is 7.61. The van der Waals surface area contributed by atoms with E-state index in [4.69, 9.17) is 0 Å². The van der Waals surface area contributed by atoms with Gasteiger partial charge in [-0.25, -0.2) is 4.79 Å². The maximum absolute atomic E-state index is 11.2. The number of amides is 1. The average Bonchev–Trinajstić information content (AvgIpc) is 2.54. The van der Waals surface area contributed by atoms with Gasteiger partial charge in [0.25, 0.3) is 0 Å². The molecule has 0 heterocycles. The lowest BCUT2D eigenvalue weighted by Crippen LogP contribution is -2.10. The lowest BCUT2D eigenvalue weighted by molar-refractivity contribution is -0.134. The molecular formula is C18H23NO6. The number of methoxy groups -OCH3 is 1. The molecule has 0 saturated heterocycles. The van der Waals surface area contributed by atoms with Crippen molar-refractivity contribution in [3.8, 4) is 11.5 Å². The molecule has 0 aliphatic heterocycles. The summed E-state index contributed by atoms with van der Waals surface area (Å²) in [6.45, 7) is 4.72. The van der Waals surface area contributed by atoms with Crippen molar-refractivity contribution < 1.29 is 29.6 Å². The molecule has 0 bridgehead atoms. The molecule has 1 aromatic carbocycles. The molecule has 0 aliphatic rings. The molecule has 0 saturated carbocycles. The van der Waals surface area contributed by atoms with Crippen molar-refractivity contribution in [1.82, 2.24) is 0 Å². The number of aromatic hydroxyl groups is 2. The molecule has 1 aromatic rings. The second-order valence-electron chi connectivity index (χ2n) is 5.68. The molecule has 0 spiro atoms. The van der Waals surface area contributed by atoms with E-state index in [1.54, 1.807) is 26.0 Å². The Balaban J connectivity index is 3.07. The monoisotopic (exact) mass is 349 g/mol. The van der Waals surface area contributed by atoms with Crippen LogP contribution in [0.5, 0.6) is 11.5 Å². The normalized spacial score (nSPS) is 14.2. The standard InChI is InChI=1S/C18H23NO6/c1-10(5-6-16(22)25-4)7-11(2)17(23)14-8-13(21)9-15(18(14)24)19-12(3)20/h5-9,11,17,21,23-24H,1-4H3,(H,19,20)/t11-,17-/m0/s1. The average molecular weight is 349 g/mol. The van der Waals surface area contributed by atoms with Gasteiger partial charge in [0, 0.05) is 30.5 Å². The molecule has 0 radical (unpaired) electrons. The van der Waals surface area contributed by atoms with Crippen LogP contribution in [-0.2, 0) is 14.3 Å². The second-order valence-corrected chi connectivity index (χ2v) is 5.68. The topological polar surface area (TPSA) is 116 Å². The van der Waals surface area contributed by atoms with Crippen molar-refractivity contribution in [2.75, 3.05) is 12.4 Å². The van der Waals surface area contributed by atoms with E-state index in [0.29, 0.717) is 5.57 Å². The third-order valence-electron chi connectivity index (χ3n) is 3.46. The van der Waals surface area contributed by atoms with Gasteiger partial charge in [0.2, 0.25) is 5.91 Å². The molecule has 7 nitrogen and oxygen atoms in total. The molecule has 0 unspecified atom stereocenters. The first-order valence-corrected chi connectivity index (χ1v) is 7.61. The fourth-order valence-corrected chi connectivity index (χ4v) is 2.26. The number of carbonyl (C=O) groups is 2. The number of benzene rings is 1. The lowest BCUT2D eigenvalue weighted by atomic mass is 9.94. The van der Waals surface area contributed by atoms with E-state index in [0.717, 1.165) is 0 Å². The summed E-state index contributed by atoms with van der Waals surface area (Å²) in [7, 11) is 1.27. The van der Waals surface area contributed by atoms with Gasteiger partial charge in [-0.2, -0.15) is 0 Å². The smallest absolute Gasteiger partial charge is 0.330 e.